The number of rotatable bonds is 5. The number of phenolic OH excluding ortho intramolecular Hbond substituents is 1. The van der Waals surface area contributed by atoms with Gasteiger partial charge in [-0.2, -0.15) is 0 Å². The molecule has 12 heteroatoms. The minimum Gasteiger partial charge on any atom is -0.510 e. The highest BCUT2D eigenvalue weighted by molar-refractivity contribution is 6.24. The molecular formula is C26H30FN3O8. The molecule has 1 aromatic rings. The smallest absolute Gasteiger partial charge is 0.255 e. The number of methoxy groups -OCH3 is 1. The van der Waals surface area contributed by atoms with Crippen LogP contribution in [0.2, 0.25) is 0 Å². The Morgan fingerprint density at radius 3 is 2.50 bits per heavy atom. The van der Waals surface area contributed by atoms with E-state index in [9.17, 15) is 34.8 Å². The van der Waals surface area contributed by atoms with Gasteiger partial charge in [0.25, 0.3) is 5.91 Å². The first-order valence-corrected chi connectivity index (χ1v) is 12.3. The topological polar surface area (TPSA) is 174 Å². The molecule has 0 saturated carbocycles. The van der Waals surface area contributed by atoms with E-state index in [-0.39, 0.29) is 47.8 Å². The molecule has 1 saturated heterocycles. The van der Waals surface area contributed by atoms with E-state index in [0.717, 1.165) is 0 Å². The molecule has 1 heterocycles. The largest absolute Gasteiger partial charge is 0.510 e. The van der Waals surface area contributed by atoms with Crippen molar-refractivity contribution < 1.29 is 43.9 Å². The van der Waals surface area contributed by atoms with E-state index in [1.54, 1.807) is 21.2 Å². The van der Waals surface area contributed by atoms with Crippen molar-refractivity contribution in [3.8, 4) is 5.75 Å². The number of phenols is 1. The summed E-state index contributed by atoms with van der Waals surface area (Å²) in [5.41, 5.74) is 1.24. The van der Waals surface area contributed by atoms with Crippen LogP contribution in [-0.4, -0.2) is 99.7 Å². The third-order valence-corrected chi connectivity index (χ3v) is 8.38. The van der Waals surface area contributed by atoms with Crippen LogP contribution in [0, 0.1) is 17.7 Å². The number of aliphatic hydroxyl groups excluding tert-OH is 2. The molecule has 0 unspecified atom stereocenters. The number of fused-ring (bicyclic) bond motifs is 3. The molecule has 1 fully saturated rings. The number of carbonyl (C=O) groups excluding carboxylic acids is 3. The number of aliphatic hydroxyl groups is 3. The van der Waals surface area contributed by atoms with Gasteiger partial charge in [-0.1, -0.05) is 0 Å². The first-order chi connectivity index (χ1) is 17.8. The summed E-state index contributed by atoms with van der Waals surface area (Å²) in [5.74, 6) is -8.28. The number of likely N-dealkylation sites (tertiary alicyclic amines) is 1. The van der Waals surface area contributed by atoms with Gasteiger partial charge in [0.05, 0.1) is 17.7 Å². The summed E-state index contributed by atoms with van der Waals surface area (Å²) in [4.78, 5) is 42.3. The number of amides is 1. The zero-order valence-electron chi connectivity index (χ0n) is 21.2. The zero-order chi connectivity index (χ0) is 27.8. The Morgan fingerprint density at radius 2 is 1.92 bits per heavy atom. The number of aromatic hydroxyl groups is 1. The maximum Gasteiger partial charge on any atom is 0.255 e. The number of halogens is 1. The second-order valence-electron chi connectivity index (χ2n) is 10.7. The molecule has 1 aliphatic heterocycles. The standard InChI is InChI=1S/C26H30FN3O8/c1-29(2)20-14-5-10-4-13-17(15(31)6-11(19(13)27)7-30-8-12(9-30)38-3)21(32)16(10)23(34)26(14,37)24(35)18(22(20)33)25(28)36/h6,10,12,14,20,31,33-34,37H,4-5,7-9H2,1-3H3,(H2,28,36)/t10-,14-,20-,26-/m0/s1. The zero-order valence-corrected chi connectivity index (χ0v) is 21.2. The fourth-order valence-corrected chi connectivity index (χ4v) is 6.51. The Kier molecular flexibility index (Phi) is 6.14. The predicted molar refractivity (Wildman–Crippen MR) is 130 cm³/mol. The summed E-state index contributed by atoms with van der Waals surface area (Å²) in [6.07, 6.45) is -0.147. The molecule has 1 amide bonds. The van der Waals surface area contributed by atoms with E-state index < -0.39 is 69.6 Å². The van der Waals surface area contributed by atoms with Gasteiger partial charge in [-0.3, -0.25) is 24.2 Å². The lowest BCUT2D eigenvalue weighted by molar-refractivity contribution is -0.148. The van der Waals surface area contributed by atoms with Crippen LogP contribution in [0.15, 0.2) is 28.7 Å². The molecular weight excluding hydrogens is 501 g/mol. The lowest BCUT2D eigenvalue weighted by Gasteiger charge is -2.50. The average Bonchev–Trinajstić information content (AvgIpc) is 2.80. The first-order valence-electron chi connectivity index (χ1n) is 12.3. The van der Waals surface area contributed by atoms with E-state index >= 15 is 4.39 Å². The number of hydrogen-bond acceptors (Lipinski definition) is 10. The van der Waals surface area contributed by atoms with Crippen LogP contribution in [-0.2, 0) is 27.3 Å². The molecule has 4 atom stereocenters. The number of primary amides is 1. The number of benzene rings is 1. The number of ether oxygens (including phenoxy) is 1. The van der Waals surface area contributed by atoms with Crippen LogP contribution in [0.25, 0.3) is 0 Å². The fraction of sp³-hybridized carbons (Fsp3) is 0.500. The van der Waals surface area contributed by atoms with Crippen molar-refractivity contribution in [3.63, 3.8) is 0 Å². The van der Waals surface area contributed by atoms with Gasteiger partial charge in [0.2, 0.25) is 5.78 Å². The van der Waals surface area contributed by atoms with Crippen molar-refractivity contribution in [2.45, 2.75) is 37.1 Å². The Balaban J connectivity index is 1.60. The minimum atomic E-state index is -2.73. The van der Waals surface area contributed by atoms with E-state index in [2.05, 4.69) is 0 Å². The second-order valence-corrected chi connectivity index (χ2v) is 10.7. The summed E-state index contributed by atoms with van der Waals surface area (Å²) in [5, 5.41) is 44.4. The fourth-order valence-electron chi connectivity index (χ4n) is 6.51. The van der Waals surface area contributed by atoms with Crippen molar-refractivity contribution in [3.05, 3.63) is 51.2 Å². The van der Waals surface area contributed by atoms with Gasteiger partial charge in [0.15, 0.2) is 11.4 Å². The van der Waals surface area contributed by atoms with Gasteiger partial charge in [-0.05, 0) is 38.9 Å². The van der Waals surface area contributed by atoms with Gasteiger partial charge in [-0.15, -0.1) is 0 Å². The molecule has 0 aromatic heterocycles. The third kappa shape index (κ3) is 3.51. The number of likely N-dealkylation sites (N-methyl/N-ethyl adjacent to an activating group) is 1. The molecule has 204 valence electrons. The van der Waals surface area contributed by atoms with Crippen molar-refractivity contribution >= 4 is 17.5 Å². The van der Waals surface area contributed by atoms with Crippen LogP contribution >= 0.6 is 0 Å². The Morgan fingerprint density at radius 1 is 1.26 bits per heavy atom. The molecule has 0 bridgehead atoms. The summed E-state index contributed by atoms with van der Waals surface area (Å²) in [6.45, 7) is 1.40. The monoisotopic (exact) mass is 531 g/mol. The van der Waals surface area contributed by atoms with Gasteiger partial charge >= 0.3 is 0 Å². The first kappa shape index (κ1) is 26.3. The van der Waals surface area contributed by atoms with Crippen molar-refractivity contribution in [2.75, 3.05) is 34.3 Å². The number of carbonyl (C=O) groups is 3. The summed E-state index contributed by atoms with van der Waals surface area (Å²) >= 11 is 0. The molecule has 1 aromatic carbocycles. The highest BCUT2D eigenvalue weighted by Gasteiger charge is 2.63. The van der Waals surface area contributed by atoms with Gasteiger partial charge in [0, 0.05) is 49.4 Å². The van der Waals surface area contributed by atoms with E-state index in [4.69, 9.17) is 10.5 Å². The van der Waals surface area contributed by atoms with Gasteiger partial charge in [0.1, 0.15) is 28.7 Å². The van der Waals surface area contributed by atoms with Gasteiger partial charge in [-0.25, -0.2) is 4.39 Å². The third-order valence-electron chi connectivity index (χ3n) is 8.38. The van der Waals surface area contributed by atoms with Crippen LogP contribution in [0.3, 0.4) is 0 Å². The average molecular weight is 532 g/mol. The van der Waals surface area contributed by atoms with Crippen LogP contribution < -0.4 is 5.73 Å². The number of nitrogens with two attached hydrogens (primary N) is 1. The van der Waals surface area contributed by atoms with Crippen LogP contribution in [0.1, 0.15) is 27.9 Å². The highest BCUT2D eigenvalue weighted by Crippen LogP contribution is 2.52. The Labute approximate surface area is 217 Å². The summed E-state index contributed by atoms with van der Waals surface area (Å²) < 4.78 is 21.0. The van der Waals surface area contributed by atoms with Crippen LogP contribution in [0.4, 0.5) is 4.39 Å². The Bertz CT molecular complexity index is 1330. The van der Waals surface area contributed by atoms with Gasteiger partial charge < -0.3 is 30.9 Å². The second kappa shape index (κ2) is 8.87. The summed E-state index contributed by atoms with van der Waals surface area (Å²) in [6, 6.07) is 0.0646. The number of ketones is 2. The molecule has 38 heavy (non-hydrogen) atoms. The molecule has 3 aliphatic carbocycles. The minimum absolute atomic E-state index is 0.0121. The maximum absolute atomic E-state index is 15.7. The van der Waals surface area contributed by atoms with E-state index in [1.807, 2.05) is 4.90 Å². The van der Waals surface area contributed by atoms with E-state index in [1.165, 1.54) is 11.0 Å². The molecule has 0 spiro atoms. The SMILES string of the molecule is COC1CN(Cc2cc(O)c3c(c2F)C[C@H]2C[C@H]4[C@H](N(C)C)C(O)=C(C(N)=O)C(=O)[C@@]4(O)C(O)=C2C3=O)C1. The molecule has 4 aliphatic rings. The molecule has 11 nitrogen and oxygen atoms in total. The lowest BCUT2D eigenvalue weighted by Crippen LogP contribution is -2.63. The molecule has 0 radical (unpaired) electrons. The molecule has 5 rings (SSSR count). The number of allylic oxidation sites excluding steroid dienone is 1. The number of nitrogens with zero attached hydrogens (tertiary/aromatic N) is 2. The van der Waals surface area contributed by atoms with Crippen molar-refractivity contribution in [1.82, 2.24) is 9.80 Å². The quantitative estimate of drug-likeness (QED) is 0.328. The highest BCUT2D eigenvalue weighted by atomic mass is 19.1. The normalized spacial score (nSPS) is 29.8. The number of Topliss-reactive ketones (excluding diaryl/α,β-unsaturated/α-hetero) is 2. The summed E-state index contributed by atoms with van der Waals surface area (Å²) in [7, 11) is 4.68. The maximum atomic E-state index is 15.7. The van der Waals surface area contributed by atoms with Crippen LogP contribution in [0.5, 0.6) is 5.75 Å². The Hall–Kier alpha value is -3.32. The molecule has 6 N–H and O–H groups in total. The lowest BCUT2D eigenvalue weighted by atomic mass is 9.58. The number of hydrogen-bond donors (Lipinski definition) is 5. The van der Waals surface area contributed by atoms with E-state index in [0.29, 0.717) is 13.1 Å². The van der Waals surface area contributed by atoms with Crippen molar-refractivity contribution in [2.24, 2.45) is 17.6 Å². The van der Waals surface area contributed by atoms with Crippen molar-refractivity contribution in [1.29, 1.82) is 0 Å². The predicted octanol–water partition coefficient (Wildman–Crippen LogP) is 0.0903.